The summed E-state index contributed by atoms with van der Waals surface area (Å²) in [5.74, 6) is -0.130. The van der Waals surface area contributed by atoms with Gasteiger partial charge in [-0.3, -0.25) is 0 Å². The van der Waals surface area contributed by atoms with Crippen LogP contribution >= 0.6 is 0 Å². The Hall–Kier alpha value is -1.12. The molecule has 0 heterocycles. The van der Waals surface area contributed by atoms with Crippen LogP contribution in [0.5, 0.6) is 0 Å². The molecule has 0 spiro atoms. The number of esters is 1. The molecule has 3 heteroatoms. The Kier molecular flexibility index (Phi) is 6.88. The van der Waals surface area contributed by atoms with Gasteiger partial charge in [-0.15, -0.1) is 0 Å². The monoisotopic (exact) mass is 184 g/mol. The molecular formula is C10H16O3. The van der Waals surface area contributed by atoms with E-state index in [-0.39, 0.29) is 11.8 Å². The lowest BCUT2D eigenvalue weighted by Gasteiger charge is -1.94. The molecule has 0 atom stereocenters. The second kappa shape index (κ2) is 7.53. The van der Waals surface area contributed by atoms with E-state index in [0.717, 1.165) is 12.8 Å². The van der Waals surface area contributed by atoms with Gasteiger partial charge in [0.15, 0.2) is 0 Å². The molecule has 13 heavy (non-hydrogen) atoms. The summed E-state index contributed by atoms with van der Waals surface area (Å²) in [5, 5.41) is 0. The highest BCUT2D eigenvalue weighted by Crippen LogP contribution is 1.97. The van der Waals surface area contributed by atoms with Crippen LogP contribution in [0.25, 0.3) is 0 Å². The Morgan fingerprint density at radius 3 is 2.62 bits per heavy atom. The maximum absolute atomic E-state index is 10.8. The van der Waals surface area contributed by atoms with Crippen molar-refractivity contribution in [3.8, 4) is 0 Å². The number of hydrogen-bond donors (Lipinski definition) is 0. The van der Waals surface area contributed by atoms with Crippen LogP contribution in [0.15, 0.2) is 12.2 Å². The normalized spacial score (nSPS) is 10.3. The van der Waals surface area contributed by atoms with Gasteiger partial charge in [0.05, 0.1) is 6.61 Å². The molecule has 0 bridgehead atoms. The molecule has 74 valence electrons. The summed E-state index contributed by atoms with van der Waals surface area (Å²) in [7, 11) is 0. The van der Waals surface area contributed by atoms with Crippen LogP contribution in [0.2, 0.25) is 0 Å². The summed E-state index contributed by atoms with van der Waals surface area (Å²) in [4.78, 5) is 21.3. The van der Waals surface area contributed by atoms with Gasteiger partial charge in [0.1, 0.15) is 5.78 Å². The van der Waals surface area contributed by atoms with Crippen molar-refractivity contribution in [2.45, 2.75) is 33.1 Å². The summed E-state index contributed by atoms with van der Waals surface area (Å²) in [6, 6.07) is 0. The van der Waals surface area contributed by atoms with Crippen molar-refractivity contribution in [3.05, 3.63) is 12.2 Å². The van der Waals surface area contributed by atoms with Crippen LogP contribution in [0, 0.1) is 0 Å². The summed E-state index contributed by atoms with van der Waals surface area (Å²) in [5.41, 5.74) is 0. The average Bonchev–Trinajstić information content (AvgIpc) is 2.03. The van der Waals surface area contributed by atoms with Crippen molar-refractivity contribution in [1.82, 2.24) is 0 Å². The highest BCUT2D eigenvalue weighted by Gasteiger charge is 1.93. The van der Waals surface area contributed by atoms with Crippen LogP contribution in [-0.2, 0) is 14.3 Å². The molecule has 0 saturated heterocycles. The number of allylic oxidation sites excluding steroid dienone is 1. The number of rotatable bonds is 6. The third-order valence-corrected chi connectivity index (χ3v) is 1.44. The van der Waals surface area contributed by atoms with Crippen LogP contribution in [0.3, 0.4) is 0 Å². The highest BCUT2D eigenvalue weighted by atomic mass is 16.5. The Morgan fingerprint density at radius 2 is 2.08 bits per heavy atom. The second-order valence-corrected chi connectivity index (χ2v) is 2.75. The van der Waals surface area contributed by atoms with Gasteiger partial charge < -0.3 is 9.53 Å². The molecular weight excluding hydrogens is 168 g/mol. The van der Waals surface area contributed by atoms with E-state index in [0.29, 0.717) is 13.0 Å². The number of ether oxygens (including phenoxy) is 1. The average molecular weight is 184 g/mol. The van der Waals surface area contributed by atoms with Gasteiger partial charge in [0, 0.05) is 12.5 Å². The van der Waals surface area contributed by atoms with Gasteiger partial charge in [-0.25, -0.2) is 4.79 Å². The van der Waals surface area contributed by atoms with Crippen molar-refractivity contribution in [3.63, 3.8) is 0 Å². The van der Waals surface area contributed by atoms with Gasteiger partial charge >= 0.3 is 5.97 Å². The fourth-order valence-corrected chi connectivity index (χ4v) is 0.839. The minimum atomic E-state index is -0.315. The lowest BCUT2D eigenvalue weighted by atomic mass is 10.2. The molecule has 0 aromatic heterocycles. The van der Waals surface area contributed by atoms with E-state index in [4.69, 9.17) is 0 Å². The zero-order valence-electron chi connectivity index (χ0n) is 8.21. The highest BCUT2D eigenvalue weighted by molar-refractivity contribution is 5.81. The lowest BCUT2D eigenvalue weighted by Crippen LogP contribution is -1.98. The van der Waals surface area contributed by atoms with Gasteiger partial charge in [-0.1, -0.05) is 6.08 Å². The SMILES string of the molecule is CCOC(=O)C=CCCCC(C)=O. The topological polar surface area (TPSA) is 43.4 Å². The van der Waals surface area contributed by atoms with Crippen LogP contribution in [0.4, 0.5) is 0 Å². The first kappa shape index (κ1) is 11.9. The predicted octanol–water partition coefficient (Wildman–Crippen LogP) is 1.86. The molecule has 0 aliphatic carbocycles. The predicted molar refractivity (Wildman–Crippen MR) is 50.3 cm³/mol. The smallest absolute Gasteiger partial charge is 0.330 e. The number of unbranched alkanes of at least 4 members (excludes halogenated alkanes) is 1. The number of hydrogen-bond acceptors (Lipinski definition) is 3. The zero-order chi connectivity index (χ0) is 10.1. The Morgan fingerprint density at radius 1 is 1.38 bits per heavy atom. The summed E-state index contributed by atoms with van der Waals surface area (Å²) >= 11 is 0. The second-order valence-electron chi connectivity index (χ2n) is 2.75. The standard InChI is InChI=1S/C10H16O3/c1-3-13-10(12)8-6-4-5-7-9(2)11/h6,8H,3-5,7H2,1-2H3. The van der Waals surface area contributed by atoms with Crippen LogP contribution in [0.1, 0.15) is 33.1 Å². The fourth-order valence-electron chi connectivity index (χ4n) is 0.839. The minimum Gasteiger partial charge on any atom is -0.463 e. The van der Waals surface area contributed by atoms with E-state index in [1.165, 1.54) is 6.08 Å². The summed E-state index contributed by atoms with van der Waals surface area (Å²) in [6.07, 6.45) is 5.27. The molecule has 0 fully saturated rings. The lowest BCUT2D eigenvalue weighted by molar-refractivity contribution is -0.137. The first-order valence-electron chi connectivity index (χ1n) is 4.49. The molecule has 0 aliphatic heterocycles. The molecule has 0 saturated carbocycles. The molecule has 0 N–H and O–H groups in total. The van der Waals surface area contributed by atoms with E-state index < -0.39 is 0 Å². The maximum Gasteiger partial charge on any atom is 0.330 e. The number of Topliss-reactive ketones (excluding diaryl/α,β-unsaturated/α-hetero) is 1. The Labute approximate surface area is 78.8 Å². The Bertz CT molecular complexity index is 194. The molecule has 0 aromatic rings. The molecule has 0 aromatic carbocycles. The molecule has 0 unspecified atom stereocenters. The maximum atomic E-state index is 10.8. The Balaban J connectivity index is 3.40. The largest absolute Gasteiger partial charge is 0.463 e. The van der Waals surface area contributed by atoms with E-state index >= 15 is 0 Å². The van der Waals surface area contributed by atoms with Gasteiger partial charge in [-0.2, -0.15) is 0 Å². The van der Waals surface area contributed by atoms with Crippen molar-refractivity contribution >= 4 is 11.8 Å². The molecule has 0 aliphatic rings. The first-order valence-corrected chi connectivity index (χ1v) is 4.49. The minimum absolute atomic E-state index is 0.185. The molecule has 0 rings (SSSR count). The van der Waals surface area contributed by atoms with Gasteiger partial charge in [0.25, 0.3) is 0 Å². The first-order chi connectivity index (χ1) is 6.16. The fraction of sp³-hybridized carbons (Fsp3) is 0.600. The van der Waals surface area contributed by atoms with Gasteiger partial charge in [-0.05, 0) is 26.7 Å². The zero-order valence-corrected chi connectivity index (χ0v) is 8.21. The number of ketones is 1. The van der Waals surface area contributed by atoms with Crippen LogP contribution < -0.4 is 0 Å². The van der Waals surface area contributed by atoms with Crippen LogP contribution in [-0.4, -0.2) is 18.4 Å². The third kappa shape index (κ3) is 8.79. The van der Waals surface area contributed by atoms with E-state index in [2.05, 4.69) is 4.74 Å². The number of carbonyl (C=O) groups is 2. The van der Waals surface area contributed by atoms with Crippen molar-refractivity contribution in [1.29, 1.82) is 0 Å². The quantitative estimate of drug-likeness (QED) is 0.359. The number of carbonyl (C=O) groups excluding carboxylic acids is 2. The summed E-state index contributed by atoms with van der Waals surface area (Å²) in [6.45, 7) is 3.73. The van der Waals surface area contributed by atoms with Crippen molar-refractivity contribution in [2.75, 3.05) is 6.61 Å². The summed E-state index contributed by atoms with van der Waals surface area (Å²) < 4.78 is 4.68. The molecule has 0 amide bonds. The third-order valence-electron chi connectivity index (χ3n) is 1.44. The van der Waals surface area contributed by atoms with E-state index in [1.807, 2.05) is 0 Å². The van der Waals surface area contributed by atoms with Crippen molar-refractivity contribution < 1.29 is 14.3 Å². The molecule has 3 nitrogen and oxygen atoms in total. The van der Waals surface area contributed by atoms with Gasteiger partial charge in [0.2, 0.25) is 0 Å². The van der Waals surface area contributed by atoms with E-state index in [9.17, 15) is 9.59 Å². The molecule has 0 radical (unpaired) electrons. The van der Waals surface area contributed by atoms with Crippen molar-refractivity contribution in [2.24, 2.45) is 0 Å². The van der Waals surface area contributed by atoms with E-state index in [1.54, 1.807) is 19.9 Å².